The van der Waals surface area contributed by atoms with Crippen molar-refractivity contribution in [3.05, 3.63) is 0 Å². The van der Waals surface area contributed by atoms with E-state index in [9.17, 15) is 18.0 Å². The van der Waals surface area contributed by atoms with E-state index < -0.39 is 18.8 Å². The molecule has 9 heteroatoms. The van der Waals surface area contributed by atoms with Crippen molar-refractivity contribution in [3.8, 4) is 0 Å². The number of alkyl halides is 3. The van der Waals surface area contributed by atoms with Gasteiger partial charge in [-0.1, -0.05) is 6.92 Å². The molecule has 0 bridgehead atoms. The number of nitrogens with two attached hydrogens (primary N) is 1. The molecule has 1 aliphatic heterocycles. The zero-order valence-corrected chi connectivity index (χ0v) is 12.3. The lowest BCUT2D eigenvalue weighted by molar-refractivity contribution is -0.152. The summed E-state index contributed by atoms with van der Waals surface area (Å²) in [5.74, 6) is -0.167. The topological polar surface area (TPSA) is 49.6 Å². The van der Waals surface area contributed by atoms with Gasteiger partial charge in [-0.25, -0.2) is 0 Å². The van der Waals surface area contributed by atoms with E-state index in [1.54, 1.807) is 4.90 Å². The third-order valence-corrected chi connectivity index (χ3v) is 2.84. The van der Waals surface area contributed by atoms with Gasteiger partial charge in [-0.05, 0) is 6.42 Å². The number of hydrogen-bond donors (Lipinski definition) is 1. The van der Waals surface area contributed by atoms with Crippen LogP contribution in [0.25, 0.3) is 0 Å². The molecule has 1 heterocycles. The van der Waals surface area contributed by atoms with Gasteiger partial charge in [0.25, 0.3) is 0 Å². The Morgan fingerprint density at radius 1 is 1.21 bits per heavy atom. The van der Waals surface area contributed by atoms with E-state index in [1.807, 2.05) is 6.92 Å². The van der Waals surface area contributed by atoms with E-state index in [-0.39, 0.29) is 43.8 Å². The number of amides is 1. The SMILES string of the molecule is CC[C@H](N)C(=O)N1CCN(CC(F)(F)F)CC1.Cl.Cl. The second kappa shape index (κ2) is 8.84. The van der Waals surface area contributed by atoms with E-state index in [0.29, 0.717) is 19.5 Å². The van der Waals surface area contributed by atoms with Crippen molar-refractivity contribution < 1.29 is 18.0 Å². The molecule has 19 heavy (non-hydrogen) atoms. The molecule has 0 aliphatic carbocycles. The summed E-state index contributed by atoms with van der Waals surface area (Å²) in [7, 11) is 0. The maximum Gasteiger partial charge on any atom is 0.401 e. The second-order valence-corrected chi connectivity index (χ2v) is 4.23. The third kappa shape index (κ3) is 7.20. The fourth-order valence-corrected chi connectivity index (χ4v) is 1.79. The van der Waals surface area contributed by atoms with Gasteiger partial charge in [0.1, 0.15) is 0 Å². The molecule has 0 spiro atoms. The summed E-state index contributed by atoms with van der Waals surface area (Å²) in [4.78, 5) is 14.5. The first-order valence-electron chi connectivity index (χ1n) is 5.67. The zero-order chi connectivity index (χ0) is 13.1. The van der Waals surface area contributed by atoms with Gasteiger partial charge >= 0.3 is 6.18 Å². The van der Waals surface area contributed by atoms with Gasteiger partial charge in [0, 0.05) is 26.2 Å². The Morgan fingerprint density at radius 2 is 1.68 bits per heavy atom. The van der Waals surface area contributed by atoms with Crippen molar-refractivity contribution in [3.63, 3.8) is 0 Å². The monoisotopic (exact) mass is 325 g/mol. The van der Waals surface area contributed by atoms with Crippen LogP contribution in [0.15, 0.2) is 0 Å². The van der Waals surface area contributed by atoms with Crippen molar-refractivity contribution in [1.82, 2.24) is 9.80 Å². The summed E-state index contributed by atoms with van der Waals surface area (Å²) in [6.45, 7) is 2.05. The normalized spacial score (nSPS) is 18.3. The summed E-state index contributed by atoms with van der Waals surface area (Å²) in [5.41, 5.74) is 5.60. The molecule has 0 aromatic heterocycles. The van der Waals surface area contributed by atoms with Gasteiger partial charge in [-0.15, -0.1) is 24.8 Å². The molecule has 0 unspecified atom stereocenters. The maximum atomic E-state index is 12.1. The van der Waals surface area contributed by atoms with Crippen LogP contribution in [0.1, 0.15) is 13.3 Å². The summed E-state index contributed by atoms with van der Waals surface area (Å²) < 4.78 is 36.4. The van der Waals surface area contributed by atoms with Crippen LogP contribution in [-0.2, 0) is 4.79 Å². The number of carbonyl (C=O) groups is 1. The molecule has 1 rings (SSSR count). The summed E-state index contributed by atoms with van der Waals surface area (Å²) in [6.07, 6.45) is -3.63. The number of carbonyl (C=O) groups excluding carboxylic acids is 1. The first-order valence-corrected chi connectivity index (χ1v) is 5.67. The molecular formula is C10H20Cl2F3N3O. The molecule has 0 saturated carbocycles. The Labute approximate surface area is 123 Å². The van der Waals surface area contributed by atoms with Gasteiger partial charge in [0.15, 0.2) is 0 Å². The van der Waals surface area contributed by atoms with Crippen LogP contribution in [0.5, 0.6) is 0 Å². The largest absolute Gasteiger partial charge is 0.401 e. The molecule has 1 fully saturated rings. The summed E-state index contributed by atoms with van der Waals surface area (Å²) in [5, 5.41) is 0. The van der Waals surface area contributed by atoms with Gasteiger partial charge in [-0.3, -0.25) is 9.69 Å². The Hall–Kier alpha value is -0.240. The van der Waals surface area contributed by atoms with Crippen molar-refractivity contribution in [2.75, 3.05) is 32.7 Å². The number of nitrogens with zero attached hydrogens (tertiary/aromatic N) is 2. The number of halogens is 5. The Morgan fingerprint density at radius 3 is 2.05 bits per heavy atom. The second-order valence-electron chi connectivity index (χ2n) is 4.23. The van der Waals surface area contributed by atoms with Crippen molar-refractivity contribution in [2.24, 2.45) is 5.73 Å². The van der Waals surface area contributed by atoms with E-state index in [1.165, 1.54) is 4.90 Å². The molecule has 116 valence electrons. The number of hydrogen-bond acceptors (Lipinski definition) is 3. The molecule has 1 aliphatic rings. The highest BCUT2D eigenvalue weighted by Crippen LogP contribution is 2.17. The molecular weight excluding hydrogens is 306 g/mol. The van der Waals surface area contributed by atoms with Gasteiger partial charge in [-0.2, -0.15) is 13.2 Å². The fourth-order valence-electron chi connectivity index (χ4n) is 1.79. The highest BCUT2D eigenvalue weighted by molar-refractivity contribution is 5.85. The van der Waals surface area contributed by atoms with Gasteiger partial charge in [0.05, 0.1) is 12.6 Å². The van der Waals surface area contributed by atoms with E-state index in [0.717, 1.165) is 0 Å². The minimum atomic E-state index is -4.17. The molecule has 0 radical (unpaired) electrons. The van der Waals surface area contributed by atoms with Crippen LogP contribution >= 0.6 is 24.8 Å². The summed E-state index contributed by atoms with van der Waals surface area (Å²) in [6, 6.07) is -0.538. The molecule has 1 amide bonds. The lowest BCUT2D eigenvalue weighted by atomic mass is 10.2. The van der Waals surface area contributed by atoms with E-state index >= 15 is 0 Å². The van der Waals surface area contributed by atoms with Crippen molar-refractivity contribution in [2.45, 2.75) is 25.6 Å². The van der Waals surface area contributed by atoms with Crippen LogP contribution in [0.4, 0.5) is 13.2 Å². The Bertz CT molecular complexity index is 271. The Balaban J connectivity index is 0. The number of rotatable bonds is 3. The van der Waals surface area contributed by atoms with Crippen LogP contribution in [0.2, 0.25) is 0 Å². The zero-order valence-electron chi connectivity index (χ0n) is 10.7. The first kappa shape index (κ1) is 21.1. The van der Waals surface area contributed by atoms with Gasteiger partial charge in [0.2, 0.25) is 5.91 Å². The van der Waals surface area contributed by atoms with E-state index in [4.69, 9.17) is 5.73 Å². The summed E-state index contributed by atoms with van der Waals surface area (Å²) >= 11 is 0. The van der Waals surface area contributed by atoms with Crippen molar-refractivity contribution >= 4 is 30.7 Å². The van der Waals surface area contributed by atoms with Crippen LogP contribution in [-0.4, -0.2) is 60.6 Å². The quantitative estimate of drug-likeness (QED) is 0.850. The average Bonchev–Trinajstić information content (AvgIpc) is 2.26. The van der Waals surface area contributed by atoms with Crippen LogP contribution in [0.3, 0.4) is 0 Å². The number of piperazine rings is 1. The first-order chi connectivity index (χ1) is 7.83. The minimum absolute atomic E-state index is 0. The lowest BCUT2D eigenvalue weighted by Gasteiger charge is -2.36. The average molecular weight is 326 g/mol. The predicted molar refractivity (Wildman–Crippen MR) is 71.8 cm³/mol. The van der Waals surface area contributed by atoms with Crippen LogP contribution < -0.4 is 5.73 Å². The molecule has 2 N–H and O–H groups in total. The minimum Gasteiger partial charge on any atom is -0.339 e. The predicted octanol–water partition coefficient (Wildman–Crippen LogP) is 1.27. The fraction of sp³-hybridized carbons (Fsp3) is 0.900. The smallest absolute Gasteiger partial charge is 0.339 e. The van der Waals surface area contributed by atoms with Crippen molar-refractivity contribution in [1.29, 1.82) is 0 Å². The lowest BCUT2D eigenvalue weighted by Crippen LogP contribution is -2.54. The highest BCUT2D eigenvalue weighted by Gasteiger charge is 2.33. The maximum absolute atomic E-state index is 12.1. The van der Waals surface area contributed by atoms with Gasteiger partial charge < -0.3 is 10.6 Å². The molecule has 1 saturated heterocycles. The molecule has 0 aromatic carbocycles. The Kier molecular flexibility index (Phi) is 9.80. The molecule has 0 aromatic rings. The highest BCUT2D eigenvalue weighted by atomic mass is 35.5. The van der Waals surface area contributed by atoms with Crippen LogP contribution in [0, 0.1) is 0 Å². The molecule has 1 atom stereocenters. The standard InChI is InChI=1S/C10H18F3N3O.2ClH/c1-2-8(14)9(17)16-5-3-15(4-6-16)7-10(11,12)13;;/h8H,2-7,14H2,1H3;2*1H/t8-;;/m0../s1. The molecule has 4 nitrogen and oxygen atoms in total. The third-order valence-electron chi connectivity index (χ3n) is 2.84. The van der Waals surface area contributed by atoms with E-state index in [2.05, 4.69) is 0 Å².